The number of hydrogen-bond donors (Lipinski definition) is 2. The molecule has 0 bridgehead atoms. The fourth-order valence-corrected chi connectivity index (χ4v) is 5.36. The van der Waals surface area contributed by atoms with Crippen LogP contribution in [0, 0.1) is 6.92 Å². The monoisotopic (exact) mass is 538 g/mol. The highest BCUT2D eigenvalue weighted by molar-refractivity contribution is 7.90. The summed E-state index contributed by atoms with van der Waals surface area (Å²) in [6.45, 7) is 7.78. The highest BCUT2D eigenvalue weighted by atomic mass is 32.2. The van der Waals surface area contributed by atoms with Gasteiger partial charge in [-0.3, -0.25) is 0 Å². The molecule has 4 aromatic rings. The summed E-state index contributed by atoms with van der Waals surface area (Å²) in [5.74, 6) is -0.102. The second-order valence-electron chi connectivity index (χ2n) is 9.92. The lowest BCUT2D eigenvalue weighted by atomic mass is 10.1. The fourth-order valence-electron chi connectivity index (χ4n) is 3.99. The summed E-state index contributed by atoms with van der Waals surface area (Å²) in [5, 5.41) is 14.7. The number of aryl methyl sites for hydroxylation is 1. The first-order valence-electron chi connectivity index (χ1n) is 11.8. The summed E-state index contributed by atoms with van der Waals surface area (Å²) in [5.41, 5.74) is 2.04. The number of hydrogen-bond acceptors (Lipinski definition) is 9. The minimum atomic E-state index is -3.97. The zero-order valence-corrected chi connectivity index (χ0v) is 22.3. The molecule has 2 N–H and O–H groups in total. The van der Waals surface area contributed by atoms with Crippen molar-refractivity contribution in [2.75, 3.05) is 12.4 Å². The first kappa shape index (κ1) is 25.6. The summed E-state index contributed by atoms with van der Waals surface area (Å²) in [7, 11) is -2.63. The van der Waals surface area contributed by atoms with Crippen LogP contribution in [0.4, 0.5) is 10.4 Å². The lowest BCUT2D eigenvalue weighted by molar-refractivity contribution is 0.117. The Morgan fingerprint density at radius 3 is 2.55 bits per heavy atom. The lowest BCUT2D eigenvalue weighted by Gasteiger charge is -2.17. The summed E-state index contributed by atoms with van der Waals surface area (Å²) in [6.07, 6.45) is 1.45. The van der Waals surface area contributed by atoms with E-state index in [9.17, 15) is 12.8 Å². The van der Waals surface area contributed by atoms with Crippen LogP contribution >= 0.6 is 0 Å². The Morgan fingerprint density at radius 1 is 1.13 bits per heavy atom. The van der Waals surface area contributed by atoms with Crippen LogP contribution in [-0.2, 0) is 14.8 Å². The maximum absolute atomic E-state index is 14.1. The maximum Gasteiger partial charge on any atom is 0.316 e. The van der Waals surface area contributed by atoms with Crippen LogP contribution in [0.1, 0.15) is 31.9 Å². The van der Waals surface area contributed by atoms with E-state index in [4.69, 9.17) is 9.15 Å². The Morgan fingerprint density at radius 2 is 1.87 bits per heavy atom. The minimum Gasteiger partial charge on any atom is -0.403 e. The molecule has 10 nitrogen and oxygen atoms in total. The van der Waals surface area contributed by atoms with Crippen molar-refractivity contribution >= 4 is 32.8 Å². The molecule has 2 aromatic carbocycles. The van der Waals surface area contributed by atoms with E-state index in [0.717, 1.165) is 11.8 Å². The fraction of sp³-hybridized carbons (Fsp3) is 0.269. The Balaban J connectivity index is 1.67. The van der Waals surface area contributed by atoms with Crippen molar-refractivity contribution in [3.63, 3.8) is 0 Å². The number of nitrogens with one attached hydrogen (secondary N) is 2. The molecule has 198 valence electrons. The number of ether oxygens (including phenoxy) is 1. The molecule has 2 aromatic heterocycles. The first-order chi connectivity index (χ1) is 18.0. The van der Waals surface area contributed by atoms with Gasteiger partial charge in [0, 0.05) is 41.6 Å². The van der Waals surface area contributed by atoms with Crippen molar-refractivity contribution in [3.8, 4) is 11.5 Å². The number of aliphatic imine (C=N–C) groups is 1. The topological polar surface area (TPSA) is 124 Å². The number of amidine groups is 1. The first-order valence-corrected chi connectivity index (χ1v) is 13.2. The van der Waals surface area contributed by atoms with Crippen LogP contribution in [0.25, 0.3) is 22.4 Å². The molecule has 12 heteroatoms. The standard InChI is InChI=1S/C26H27FN6O4S/c1-15-6-9-17(10-7-15)38(34,35)33-14-19(22-28-13-20(27)24(29-22)36-5)18-12-16(8-11-21(18)33)23-31-32-25(37-23)30-26(2,3)4/h6-14,24H,1-5H3,(H,28,29)(H,30,32). The van der Waals surface area contributed by atoms with E-state index in [1.54, 1.807) is 42.5 Å². The molecule has 0 amide bonds. The van der Waals surface area contributed by atoms with Crippen LogP contribution in [-0.4, -0.2) is 47.3 Å². The summed E-state index contributed by atoms with van der Waals surface area (Å²) >= 11 is 0. The van der Waals surface area contributed by atoms with Crippen LogP contribution in [0.15, 0.2) is 75.0 Å². The second-order valence-corrected chi connectivity index (χ2v) is 11.7. The number of halogens is 1. The Kier molecular flexibility index (Phi) is 6.32. The zero-order chi connectivity index (χ0) is 27.2. The molecule has 0 saturated carbocycles. The van der Waals surface area contributed by atoms with Crippen LogP contribution in [0.5, 0.6) is 0 Å². The molecule has 1 atom stereocenters. The third-order valence-electron chi connectivity index (χ3n) is 5.81. The van der Waals surface area contributed by atoms with Crippen molar-refractivity contribution in [3.05, 3.63) is 71.8 Å². The predicted octanol–water partition coefficient (Wildman–Crippen LogP) is 4.58. The Hall–Kier alpha value is -4.03. The van der Waals surface area contributed by atoms with Gasteiger partial charge in [-0.15, -0.1) is 5.10 Å². The molecule has 1 aliphatic rings. The van der Waals surface area contributed by atoms with Gasteiger partial charge in [-0.1, -0.05) is 22.8 Å². The van der Waals surface area contributed by atoms with Gasteiger partial charge in [0.05, 0.1) is 10.4 Å². The van der Waals surface area contributed by atoms with E-state index < -0.39 is 22.1 Å². The molecule has 0 radical (unpaired) electrons. The zero-order valence-electron chi connectivity index (χ0n) is 21.5. The largest absolute Gasteiger partial charge is 0.403 e. The van der Waals surface area contributed by atoms with Gasteiger partial charge < -0.3 is 19.8 Å². The number of aromatic nitrogens is 3. The summed E-state index contributed by atoms with van der Waals surface area (Å²) in [6, 6.07) is 11.9. The Bertz CT molecular complexity index is 1680. The maximum atomic E-state index is 14.1. The summed E-state index contributed by atoms with van der Waals surface area (Å²) < 4.78 is 53.6. The highest BCUT2D eigenvalue weighted by Crippen LogP contribution is 2.32. The minimum absolute atomic E-state index is 0.129. The van der Waals surface area contributed by atoms with Gasteiger partial charge in [-0.2, -0.15) is 0 Å². The van der Waals surface area contributed by atoms with Gasteiger partial charge >= 0.3 is 6.01 Å². The van der Waals surface area contributed by atoms with E-state index in [1.165, 1.54) is 17.3 Å². The van der Waals surface area contributed by atoms with Gasteiger partial charge in [-0.05, 0) is 58.0 Å². The van der Waals surface area contributed by atoms with Crippen LogP contribution in [0.3, 0.4) is 0 Å². The van der Waals surface area contributed by atoms with Crippen molar-refractivity contribution in [2.24, 2.45) is 4.99 Å². The molecule has 3 heterocycles. The van der Waals surface area contributed by atoms with Gasteiger partial charge in [-0.25, -0.2) is 21.8 Å². The molecular weight excluding hydrogens is 511 g/mol. The third-order valence-corrected chi connectivity index (χ3v) is 7.50. The van der Waals surface area contributed by atoms with Crippen molar-refractivity contribution in [2.45, 2.75) is 44.4 Å². The number of rotatable bonds is 6. The number of benzene rings is 2. The van der Waals surface area contributed by atoms with Gasteiger partial charge in [0.1, 0.15) is 5.84 Å². The van der Waals surface area contributed by atoms with Crippen molar-refractivity contribution in [1.82, 2.24) is 19.5 Å². The average molecular weight is 539 g/mol. The molecule has 0 fully saturated rings. The average Bonchev–Trinajstić information content (AvgIpc) is 3.48. The van der Waals surface area contributed by atoms with E-state index in [0.29, 0.717) is 22.0 Å². The normalized spacial score (nSPS) is 16.2. The van der Waals surface area contributed by atoms with Crippen LogP contribution < -0.4 is 10.6 Å². The quantitative estimate of drug-likeness (QED) is 0.366. The SMILES string of the molecule is COC1N=C(c2cn(S(=O)(=O)c3ccc(C)cc3)c3ccc(-c4nnc(NC(C)(C)C)o4)cc23)NC=C1F. The molecule has 0 spiro atoms. The Labute approximate surface area is 219 Å². The van der Waals surface area contributed by atoms with Crippen molar-refractivity contribution < 1.29 is 22.0 Å². The lowest BCUT2D eigenvalue weighted by Crippen LogP contribution is -2.28. The smallest absolute Gasteiger partial charge is 0.316 e. The van der Waals surface area contributed by atoms with Gasteiger partial charge in [0.25, 0.3) is 10.0 Å². The number of methoxy groups -OCH3 is 1. The molecule has 38 heavy (non-hydrogen) atoms. The number of anilines is 1. The van der Waals surface area contributed by atoms with E-state index >= 15 is 0 Å². The molecule has 0 aliphatic carbocycles. The molecule has 1 aliphatic heterocycles. The summed E-state index contributed by atoms with van der Waals surface area (Å²) in [4.78, 5) is 4.43. The highest BCUT2D eigenvalue weighted by Gasteiger charge is 2.27. The van der Waals surface area contributed by atoms with Gasteiger partial charge in [0.15, 0.2) is 5.83 Å². The molecule has 5 rings (SSSR count). The second kappa shape index (κ2) is 9.37. The number of nitrogens with zero attached hydrogens (tertiary/aromatic N) is 4. The van der Waals surface area contributed by atoms with Gasteiger partial charge in [0.2, 0.25) is 12.1 Å². The van der Waals surface area contributed by atoms with E-state index in [-0.39, 0.29) is 28.2 Å². The number of fused-ring (bicyclic) bond motifs is 1. The van der Waals surface area contributed by atoms with E-state index in [2.05, 4.69) is 25.8 Å². The predicted molar refractivity (Wildman–Crippen MR) is 142 cm³/mol. The van der Waals surface area contributed by atoms with Crippen molar-refractivity contribution in [1.29, 1.82) is 0 Å². The van der Waals surface area contributed by atoms with Crippen LogP contribution in [0.2, 0.25) is 0 Å². The molecule has 0 saturated heterocycles. The van der Waals surface area contributed by atoms with E-state index in [1.807, 2.05) is 27.7 Å². The third kappa shape index (κ3) is 4.79. The molecular formula is C26H27FN6O4S. The molecule has 1 unspecified atom stereocenters.